The maximum atomic E-state index is 11.5. The lowest BCUT2D eigenvalue weighted by atomic mass is 9.95. The zero-order valence-corrected chi connectivity index (χ0v) is 9.17. The van der Waals surface area contributed by atoms with Gasteiger partial charge in [-0.1, -0.05) is 32.8 Å². The van der Waals surface area contributed by atoms with Crippen molar-refractivity contribution < 1.29 is 4.79 Å². The predicted molar refractivity (Wildman–Crippen MR) is 58.8 cm³/mol. The Bertz CT molecular complexity index is 200. The molecule has 0 aromatic rings. The van der Waals surface area contributed by atoms with Gasteiger partial charge in [-0.15, -0.1) is 0 Å². The quantitative estimate of drug-likeness (QED) is 0.675. The maximum absolute atomic E-state index is 11.5. The second-order valence-corrected chi connectivity index (χ2v) is 4.11. The van der Waals surface area contributed by atoms with Gasteiger partial charge in [-0.25, -0.2) is 0 Å². The summed E-state index contributed by atoms with van der Waals surface area (Å²) in [5.74, 6) is 1.00. The van der Waals surface area contributed by atoms with Gasteiger partial charge in [0.05, 0.1) is 0 Å². The standard InChI is InChI=1S/C12H21NO/c1-3-5-6-11-7-8-12(14)13(4-2)10-9-11/h4,11H,2-3,5-10H2,1H3. The lowest BCUT2D eigenvalue weighted by Gasteiger charge is -2.15. The van der Waals surface area contributed by atoms with Crippen molar-refractivity contribution in [3.63, 3.8) is 0 Å². The Morgan fingerprint density at radius 2 is 2.36 bits per heavy atom. The van der Waals surface area contributed by atoms with E-state index in [1.165, 1.54) is 19.3 Å². The molecule has 2 nitrogen and oxygen atoms in total. The predicted octanol–water partition coefficient (Wildman–Crippen LogP) is 2.95. The van der Waals surface area contributed by atoms with E-state index < -0.39 is 0 Å². The summed E-state index contributed by atoms with van der Waals surface area (Å²) in [4.78, 5) is 13.3. The van der Waals surface area contributed by atoms with Crippen molar-refractivity contribution in [3.8, 4) is 0 Å². The van der Waals surface area contributed by atoms with Gasteiger partial charge in [0.1, 0.15) is 0 Å². The smallest absolute Gasteiger partial charge is 0.226 e. The number of carbonyl (C=O) groups is 1. The fourth-order valence-electron chi connectivity index (χ4n) is 2.04. The van der Waals surface area contributed by atoms with Gasteiger partial charge >= 0.3 is 0 Å². The Morgan fingerprint density at radius 3 is 3.00 bits per heavy atom. The van der Waals surface area contributed by atoms with Crippen LogP contribution < -0.4 is 0 Å². The Hall–Kier alpha value is -0.790. The topological polar surface area (TPSA) is 20.3 Å². The number of nitrogens with zero attached hydrogens (tertiary/aromatic N) is 1. The van der Waals surface area contributed by atoms with Gasteiger partial charge in [-0.3, -0.25) is 4.79 Å². The highest BCUT2D eigenvalue weighted by Gasteiger charge is 2.19. The van der Waals surface area contributed by atoms with E-state index in [9.17, 15) is 4.79 Å². The minimum Gasteiger partial charge on any atom is -0.320 e. The second-order valence-electron chi connectivity index (χ2n) is 4.11. The van der Waals surface area contributed by atoms with E-state index in [0.717, 1.165) is 25.3 Å². The van der Waals surface area contributed by atoms with E-state index in [-0.39, 0.29) is 5.91 Å². The Labute approximate surface area is 87.0 Å². The molecule has 1 saturated heterocycles. The van der Waals surface area contributed by atoms with Gasteiger partial charge in [0.25, 0.3) is 0 Å². The van der Waals surface area contributed by atoms with E-state index in [4.69, 9.17) is 0 Å². The van der Waals surface area contributed by atoms with Gasteiger partial charge in [0.15, 0.2) is 0 Å². The third-order valence-electron chi connectivity index (χ3n) is 3.05. The SMILES string of the molecule is C=CN1CCC(CCCC)CCC1=O. The number of hydrogen-bond acceptors (Lipinski definition) is 1. The molecule has 80 valence electrons. The number of carbonyl (C=O) groups excluding carboxylic acids is 1. The molecule has 0 saturated carbocycles. The van der Waals surface area contributed by atoms with Crippen molar-refractivity contribution in [2.24, 2.45) is 5.92 Å². The zero-order valence-electron chi connectivity index (χ0n) is 9.17. The van der Waals surface area contributed by atoms with Crippen LogP contribution in [0.15, 0.2) is 12.8 Å². The lowest BCUT2D eigenvalue weighted by Crippen LogP contribution is -2.24. The van der Waals surface area contributed by atoms with Crippen LogP contribution in [0.25, 0.3) is 0 Å². The van der Waals surface area contributed by atoms with E-state index in [2.05, 4.69) is 13.5 Å². The summed E-state index contributed by atoms with van der Waals surface area (Å²) in [6.45, 7) is 6.76. The van der Waals surface area contributed by atoms with Crippen LogP contribution in [0.4, 0.5) is 0 Å². The maximum Gasteiger partial charge on any atom is 0.226 e. The summed E-state index contributed by atoms with van der Waals surface area (Å²) in [7, 11) is 0. The summed E-state index contributed by atoms with van der Waals surface area (Å²) >= 11 is 0. The van der Waals surface area contributed by atoms with Gasteiger partial charge in [-0.2, -0.15) is 0 Å². The lowest BCUT2D eigenvalue weighted by molar-refractivity contribution is -0.128. The summed E-state index contributed by atoms with van der Waals surface area (Å²) in [5, 5.41) is 0. The van der Waals surface area contributed by atoms with Crippen molar-refractivity contribution in [3.05, 3.63) is 12.8 Å². The molecule has 1 aliphatic rings. The fraction of sp³-hybridized carbons (Fsp3) is 0.750. The molecular formula is C12H21NO. The third kappa shape index (κ3) is 3.17. The number of likely N-dealkylation sites (tertiary alicyclic amines) is 1. The first-order valence-electron chi connectivity index (χ1n) is 5.70. The van der Waals surface area contributed by atoms with Crippen LogP contribution in [0.5, 0.6) is 0 Å². The van der Waals surface area contributed by atoms with Gasteiger partial charge < -0.3 is 4.90 Å². The van der Waals surface area contributed by atoms with Crippen molar-refractivity contribution in [2.45, 2.75) is 45.4 Å². The van der Waals surface area contributed by atoms with E-state index in [1.807, 2.05) is 0 Å². The van der Waals surface area contributed by atoms with Crippen LogP contribution >= 0.6 is 0 Å². The highest BCUT2D eigenvalue weighted by molar-refractivity contribution is 5.77. The summed E-state index contributed by atoms with van der Waals surface area (Å²) < 4.78 is 0. The minimum absolute atomic E-state index is 0.249. The second kappa shape index (κ2) is 5.84. The molecule has 1 rings (SSSR count). The molecule has 1 unspecified atom stereocenters. The molecule has 2 heteroatoms. The molecule has 0 aliphatic carbocycles. The summed E-state index contributed by atoms with van der Waals surface area (Å²) in [6.07, 6.45) is 8.45. The van der Waals surface area contributed by atoms with Crippen molar-refractivity contribution in [1.82, 2.24) is 4.90 Å². The van der Waals surface area contributed by atoms with Gasteiger partial charge in [0, 0.05) is 13.0 Å². The highest BCUT2D eigenvalue weighted by atomic mass is 16.2. The average molecular weight is 195 g/mol. The first kappa shape index (κ1) is 11.3. The van der Waals surface area contributed by atoms with Crippen LogP contribution in [-0.2, 0) is 4.79 Å². The molecule has 0 spiro atoms. The summed E-state index contributed by atoms with van der Waals surface area (Å²) in [5.41, 5.74) is 0. The molecule has 1 fully saturated rings. The fourth-order valence-corrected chi connectivity index (χ4v) is 2.04. The Balaban J connectivity index is 2.39. The van der Waals surface area contributed by atoms with Gasteiger partial charge in [-0.05, 0) is 25.0 Å². The molecule has 0 N–H and O–H groups in total. The monoisotopic (exact) mass is 195 g/mol. The molecule has 14 heavy (non-hydrogen) atoms. The van der Waals surface area contributed by atoms with Gasteiger partial charge in [0.2, 0.25) is 5.91 Å². The van der Waals surface area contributed by atoms with E-state index in [0.29, 0.717) is 6.42 Å². The largest absolute Gasteiger partial charge is 0.320 e. The molecule has 0 radical (unpaired) electrons. The number of amides is 1. The van der Waals surface area contributed by atoms with E-state index in [1.54, 1.807) is 11.1 Å². The number of hydrogen-bond donors (Lipinski definition) is 0. The average Bonchev–Trinajstić information content (AvgIpc) is 2.37. The molecule has 1 aliphatic heterocycles. The molecule has 0 aromatic heterocycles. The van der Waals surface area contributed by atoms with Crippen LogP contribution in [0.1, 0.15) is 45.4 Å². The Kier molecular flexibility index (Phi) is 4.71. The van der Waals surface area contributed by atoms with E-state index >= 15 is 0 Å². The normalized spacial score (nSPS) is 23.4. The zero-order chi connectivity index (χ0) is 10.4. The van der Waals surface area contributed by atoms with Crippen molar-refractivity contribution >= 4 is 5.91 Å². The highest BCUT2D eigenvalue weighted by Crippen LogP contribution is 2.23. The van der Waals surface area contributed by atoms with Crippen LogP contribution in [0.2, 0.25) is 0 Å². The molecule has 1 heterocycles. The molecule has 1 atom stereocenters. The molecule has 0 aromatic carbocycles. The van der Waals surface area contributed by atoms with Crippen LogP contribution in [0.3, 0.4) is 0 Å². The van der Waals surface area contributed by atoms with Crippen molar-refractivity contribution in [2.75, 3.05) is 6.54 Å². The first-order valence-corrected chi connectivity index (χ1v) is 5.70. The molecular weight excluding hydrogens is 174 g/mol. The molecule has 0 bridgehead atoms. The number of unbranched alkanes of at least 4 members (excludes halogenated alkanes) is 1. The summed E-state index contributed by atoms with van der Waals surface area (Å²) in [6, 6.07) is 0. The number of rotatable bonds is 4. The van der Waals surface area contributed by atoms with Crippen molar-refractivity contribution in [1.29, 1.82) is 0 Å². The minimum atomic E-state index is 0.249. The van der Waals surface area contributed by atoms with Crippen LogP contribution in [0, 0.1) is 5.92 Å². The first-order chi connectivity index (χ1) is 6.77. The van der Waals surface area contributed by atoms with Crippen LogP contribution in [-0.4, -0.2) is 17.4 Å². The Morgan fingerprint density at radius 1 is 1.57 bits per heavy atom. The molecule has 1 amide bonds. The third-order valence-corrected chi connectivity index (χ3v) is 3.05.